The molecule has 0 radical (unpaired) electrons. The van der Waals surface area contributed by atoms with Crippen molar-refractivity contribution < 1.29 is 0 Å². The smallest absolute Gasteiger partial charge is 0.210 e. The topological polar surface area (TPSA) is 56.7 Å². The molecule has 4 nitrogen and oxygen atoms in total. The Balaban J connectivity index is 1.66. The lowest BCUT2D eigenvalue weighted by Crippen LogP contribution is -2.11. The predicted molar refractivity (Wildman–Crippen MR) is 86.5 cm³/mol. The van der Waals surface area contributed by atoms with Crippen LogP contribution in [0.15, 0.2) is 65.8 Å². The number of thioether (sulfide) groups is 1. The SMILES string of the molecule is Nn1c(SCCc2ccccc2)nnc1-c1ccccc1. The summed E-state index contributed by atoms with van der Waals surface area (Å²) in [4.78, 5) is 0. The second kappa shape index (κ2) is 6.45. The van der Waals surface area contributed by atoms with Crippen LogP contribution in [0.2, 0.25) is 0 Å². The molecule has 0 unspecified atom stereocenters. The van der Waals surface area contributed by atoms with Crippen molar-refractivity contribution >= 4 is 11.8 Å². The highest BCUT2D eigenvalue weighted by Crippen LogP contribution is 2.21. The molecule has 0 aliphatic rings. The van der Waals surface area contributed by atoms with E-state index in [-0.39, 0.29) is 0 Å². The van der Waals surface area contributed by atoms with Crippen molar-refractivity contribution in [2.45, 2.75) is 11.6 Å². The Morgan fingerprint density at radius 3 is 2.29 bits per heavy atom. The molecule has 0 saturated carbocycles. The molecule has 0 spiro atoms. The number of nitrogen functional groups attached to an aromatic ring is 1. The summed E-state index contributed by atoms with van der Waals surface area (Å²) in [6.45, 7) is 0. The highest BCUT2D eigenvalue weighted by atomic mass is 32.2. The number of nitrogens with two attached hydrogens (primary N) is 1. The van der Waals surface area contributed by atoms with Gasteiger partial charge in [-0.2, -0.15) is 0 Å². The Kier molecular flexibility index (Phi) is 4.21. The number of aryl methyl sites for hydroxylation is 1. The fourth-order valence-electron chi connectivity index (χ4n) is 2.06. The van der Waals surface area contributed by atoms with Crippen LogP contribution in [0, 0.1) is 0 Å². The average molecular weight is 296 g/mol. The van der Waals surface area contributed by atoms with Crippen LogP contribution in [0.3, 0.4) is 0 Å². The first-order valence-electron chi connectivity index (χ1n) is 6.77. The van der Waals surface area contributed by atoms with Crippen molar-refractivity contribution in [3.05, 3.63) is 66.2 Å². The first kappa shape index (κ1) is 13.7. The molecule has 106 valence electrons. The van der Waals surface area contributed by atoms with Gasteiger partial charge in [0.15, 0.2) is 5.82 Å². The van der Waals surface area contributed by atoms with Crippen LogP contribution in [0.25, 0.3) is 11.4 Å². The molecule has 3 rings (SSSR count). The van der Waals surface area contributed by atoms with Gasteiger partial charge in [-0.25, -0.2) is 4.68 Å². The summed E-state index contributed by atoms with van der Waals surface area (Å²) >= 11 is 1.62. The minimum absolute atomic E-state index is 0.692. The standard InChI is InChI=1S/C16H16N4S/c17-20-15(14-9-5-2-6-10-14)18-19-16(20)21-12-11-13-7-3-1-4-8-13/h1-10H,11-12,17H2. The van der Waals surface area contributed by atoms with E-state index in [4.69, 9.17) is 5.84 Å². The molecule has 0 aliphatic heterocycles. The van der Waals surface area contributed by atoms with E-state index in [1.165, 1.54) is 5.56 Å². The first-order chi connectivity index (χ1) is 10.3. The number of aromatic nitrogens is 3. The zero-order valence-corrected chi connectivity index (χ0v) is 12.3. The molecule has 0 saturated heterocycles. The third-order valence-electron chi connectivity index (χ3n) is 3.16. The lowest BCUT2D eigenvalue weighted by molar-refractivity contribution is 0.849. The van der Waals surface area contributed by atoms with Crippen LogP contribution in [0.1, 0.15) is 5.56 Å². The van der Waals surface area contributed by atoms with E-state index in [0.717, 1.165) is 22.9 Å². The Bertz CT molecular complexity index is 695. The van der Waals surface area contributed by atoms with Crippen LogP contribution in [-0.2, 0) is 6.42 Å². The maximum atomic E-state index is 6.09. The van der Waals surface area contributed by atoms with E-state index in [0.29, 0.717) is 5.82 Å². The second-order valence-electron chi connectivity index (χ2n) is 4.63. The lowest BCUT2D eigenvalue weighted by atomic mass is 10.2. The minimum Gasteiger partial charge on any atom is -0.335 e. The van der Waals surface area contributed by atoms with E-state index in [1.807, 2.05) is 36.4 Å². The number of rotatable bonds is 5. The van der Waals surface area contributed by atoms with Crippen LogP contribution in [0.4, 0.5) is 0 Å². The van der Waals surface area contributed by atoms with Gasteiger partial charge in [-0.05, 0) is 12.0 Å². The highest BCUT2D eigenvalue weighted by molar-refractivity contribution is 7.99. The summed E-state index contributed by atoms with van der Waals surface area (Å²) in [5.74, 6) is 7.70. The maximum Gasteiger partial charge on any atom is 0.210 e. The molecule has 0 bridgehead atoms. The highest BCUT2D eigenvalue weighted by Gasteiger charge is 2.11. The number of hydrogen-bond donors (Lipinski definition) is 1. The van der Waals surface area contributed by atoms with Gasteiger partial charge in [0.25, 0.3) is 0 Å². The number of benzene rings is 2. The van der Waals surface area contributed by atoms with Gasteiger partial charge in [0, 0.05) is 11.3 Å². The molecule has 1 heterocycles. The number of nitrogens with zero attached hydrogens (tertiary/aromatic N) is 3. The Hall–Kier alpha value is -2.27. The van der Waals surface area contributed by atoms with Crippen molar-refractivity contribution in [3.63, 3.8) is 0 Å². The van der Waals surface area contributed by atoms with Gasteiger partial charge < -0.3 is 5.84 Å². The summed E-state index contributed by atoms with van der Waals surface area (Å²) < 4.78 is 1.56. The van der Waals surface area contributed by atoms with Gasteiger partial charge in [-0.1, -0.05) is 72.4 Å². The van der Waals surface area contributed by atoms with Crippen LogP contribution in [-0.4, -0.2) is 20.6 Å². The summed E-state index contributed by atoms with van der Waals surface area (Å²) in [5.41, 5.74) is 2.29. The molecule has 2 N–H and O–H groups in total. The molecule has 3 aromatic rings. The zero-order valence-electron chi connectivity index (χ0n) is 11.5. The summed E-state index contributed by atoms with van der Waals surface area (Å²) in [6.07, 6.45) is 0.985. The van der Waals surface area contributed by atoms with Gasteiger partial charge in [-0.3, -0.25) is 0 Å². The normalized spacial score (nSPS) is 10.7. The summed E-state index contributed by atoms with van der Waals surface area (Å²) in [5, 5.41) is 9.09. The fraction of sp³-hybridized carbons (Fsp3) is 0.125. The van der Waals surface area contributed by atoms with E-state index in [1.54, 1.807) is 16.4 Å². The molecule has 1 aromatic heterocycles. The largest absolute Gasteiger partial charge is 0.335 e. The van der Waals surface area contributed by atoms with E-state index in [9.17, 15) is 0 Å². The molecule has 0 amide bonds. The Morgan fingerprint density at radius 2 is 1.57 bits per heavy atom. The van der Waals surface area contributed by atoms with Crippen molar-refractivity contribution in [1.82, 2.24) is 14.9 Å². The molecular formula is C16H16N4S. The van der Waals surface area contributed by atoms with E-state index >= 15 is 0 Å². The number of hydrogen-bond acceptors (Lipinski definition) is 4. The Morgan fingerprint density at radius 1 is 0.905 bits per heavy atom. The van der Waals surface area contributed by atoms with Crippen molar-refractivity contribution in [1.29, 1.82) is 0 Å². The van der Waals surface area contributed by atoms with E-state index in [2.05, 4.69) is 34.5 Å². The van der Waals surface area contributed by atoms with Crippen molar-refractivity contribution in [2.75, 3.05) is 11.6 Å². The van der Waals surface area contributed by atoms with Crippen molar-refractivity contribution in [3.8, 4) is 11.4 Å². The zero-order chi connectivity index (χ0) is 14.5. The van der Waals surface area contributed by atoms with Gasteiger partial charge in [0.1, 0.15) is 0 Å². The summed E-state index contributed by atoms with van der Waals surface area (Å²) in [7, 11) is 0. The Labute approximate surface area is 128 Å². The first-order valence-corrected chi connectivity index (χ1v) is 7.76. The second-order valence-corrected chi connectivity index (χ2v) is 5.69. The monoisotopic (exact) mass is 296 g/mol. The third kappa shape index (κ3) is 3.25. The molecule has 2 aromatic carbocycles. The summed E-state index contributed by atoms with van der Waals surface area (Å²) in [6, 6.07) is 20.2. The van der Waals surface area contributed by atoms with Crippen LogP contribution in [0.5, 0.6) is 0 Å². The van der Waals surface area contributed by atoms with E-state index < -0.39 is 0 Å². The molecule has 0 atom stereocenters. The maximum absolute atomic E-state index is 6.09. The van der Waals surface area contributed by atoms with Gasteiger partial charge >= 0.3 is 0 Å². The fourth-order valence-corrected chi connectivity index (χ4v) is 2.91. The average Bonchev–Trinajstić information content (AvgIpc) is 2.90. The van der Waals surface area contributed by atoms with Crippen molar-refractivity contribution in [2.24, 2.45) is 0 Å². The van der Waals surface area contributed by atoms with Crippen LogP contribution >= 0.6 is 11.8 Å². The predicted octanol–water partition coefficient (Wildman–Crippen LogP) is 2.99. The lowest BCUT2D eigenvalue weighted by Gasteiger charge is -2.04. The third-order valence-corrected chi connectivity index (χ3v) is 4.11. The van der Waals surface area contributed by atoms with Crippen LogP contribution < -0.4 is 5.84 Å². The van der Waals surface area contributed by atoms with Gasteiger partial charge in [0.2, 0.25) is 5.16 Å². The molecule has 5 heteroatoms. The molecular weight excluding hydrogens is 280 g/mol. The minimum atomic E-state index is 0.692. The van der Waals surface area contributed by atoms with Gasteiger partial charge in [-0.15, -0.1) is 10.2 Å². The molecule has 21 heavy (non-hydrogen) atoms. The van der Waals surface area contributed by atoms with Gasteiger partial charge in [0.05, 0.1) is 0 Å². The molecule has 0 aliphatic carbocycles. The molecule has 0 fully saturated rings. The quantitative estimate of drug-likeness (QED) is 0.581.